The lowest BCUT2D eigenvalue weighted by atomic mass is 10.2. The molecule has 21 heavy (non-hydrogen) atoms. The first-order chi connectivity index (χ1) is 9.88. The molecule has 0 saturated carbocycles. The number of carbonyl (C=O) groups is 1. The zero-order valence-corrected chi connectivity index (χ0v) is 10.3. The number of aliphatic imine (C=N–C) groups is 1. The van der Waals surface area contributed by atoms with Crippen molar-refractivity contribution in [2.75, 3.05) is 0 Å². The third-order valence-corrected chi connectivity index (χ3v) is 2.50. The average molecular weight is 290 g/mol. The highest BCUT2D eigenvalue weighted by Crippen LogP contribution is 2.21. The number of aromatic carboxylic acids is 1. The van der Waals surface area contributed by atoms with Crippen LogP contribution in [0.15, 0.2) is 32.8 Å². The summed E-state index contributed by atoms with van der Waals surface area (Å²) in [4.78, 5) is 40.6. The van der Waals surface area contributed by atoms with Crippen LogP contribution in [-0.4, -0.2) is 32.4 Å². The lowest BCUT2D eigenvalue weighted by molar-refractivity contribution is -0.268. The Hall–Kier alpha value is -3.36. The fourth-order valence-electron chi connectivity index (χ4n) is 1.51. The number of H-pyrrole nitrogens is 2. The van der Waals surface area contributed by atoms with Gasteiger partial charge in [-0.15, -0.1) is 0 Å². The molecule has 1 heterocycles. The maximum atomic E-state index is 11.5. The van der Waals surface area contributed by atoms with Crippen molar-refractivity contribution in [3.8, 4) is 11.6 Å². The molecule has 0 radical (unpaired) electrons. The summed E-state index contributed by atoms with van der Waals surface area (Å²) >= 11 is 0. The number of benzene rings is 1. The van der Waals surface area contributed by atoms with E-state index in [4.69, 9.17) is 5.11 Å². The lowest BCUT2D eigenvalue weighted by Crippen LogP contribution is -2.24. The van der Waals surface area contributed by atoms with Crippen LogP contribution in [0.1, 0.15) is 15.9 Å². The van der Waals surface area contributed by atoms with Crippen molar-refractivity contribution in [2.45, 2.75) is 0 Å². The molecule has 9 nitrogen and oxygen atoms in total. The van der Waals surface area contributed by atoms with Gasteiger partial charge in [0.25, 0.3) is 5.56 Å². The van der Waals surface area contributed by atoms with E-state index in [0.717, 1.165) is 18.3 Å². The van der Waals surface area contributed by atoms with E-state index in [9.17, 15) is 24.6 Å². The summed E-state index contributed by atoms with van der Waals surface area (Å²) < 4.78 is 0. The van der Waals surface area contributed by atoms with Crippen molar-refractivity contribution < 1.29 is 20.1 Å². The molecule has 0 bridgehead atoms. The standard InChI is InChI=1S/C12H9N3O6/c16-8-3-5(1-2-6(8)11(19)20)13-4-7-9(17)14-12(21)15-10(7)18/h1-4,16H,(H,19,20)(H3,14,15,17,18,21)/p-1. The molecule has 0 aliphatic carbocycles. The van der Waals surface area contributed by atoms with Crippen LogP contribution in [-0.2, 0) is 0 Å². The van der Waals surface area contributed by atoms with E-state index >= 15 is 0 Å². The monoisotopic (exact) mass is 290 g/mol. The van der Waals surface area contributed by atoms with E-state index in [1.165, 1.54) is 6.07 Å². The number of hydrogen-bond donors (Lipinski definition) is 4. The van der Waals surface area contributed by atoms with Crippen LogP contribution in [0.3, 0.4) is 0 Å². The Morgan fingerprint density at radius 2 is 2.00 bits per heavy atom. The fraction of sp³-hybridized carbons (Fsp3) is 0. The largest absolute Gasteiger partial charge is 0.872 e. The van der Waals surface area contributed by atoms with E-state index in [0.29, 0.717) is 0 Å². The minimum Gasteiger partial charge on any atom is -0.872 e. The van der Waals surface area contributed by atoms with Gasteiger partial charge in [-0.25, -0.2) is 9.59 Å². The van der Waals surface area contributed by atoms with Crippen LogP contribution in [0.4, 0.5) is 5.69 Å². The molecule has 0 unspecified atom stereocenters. The summed E-state index contributed by atoms with van der Waals surface area (Å²) in [5, 5.41) is 29.6. The second-order valence-corrected chi connectivity index (χ2v) is 3.91. The predicted octanol–water partition coefficient (Wildman–Crippen LogP) is -0.709. The number of hydrogen-bond acceptors (Lipinski definition) is 6. The van der Waals surface area contributed by atoms with Gasteiger partial charge in [0.05, 0.1) is 11.3 Å². The number of nitrogens with one attached hydrogen (secondary N) is 2. The third-order valence-electron chi connectivity index (χ3n) is 2.50. The molecule has 0 amide bonds. The normalized spacial score (nSPS) is 10.9. The Morgan fingerprint density at radius 1 is 1.29 bits per heavy atom. The Bertz CT molecular complexity index is 849. The Morgan fingerprint density at radius 3 is 2.57 bits per heavy atom. The number of aromatic hydroxyl groups is 1. The average Bonchev–Trinajstić information content (AvgIpc) is 2.36. The van der Waals surface area contributed by atoms with E-state index in [2.05, 4.69) is 4.99 Å². The van der Waals surface area contributed by atoms with Crippen molar-refractivity contribution in [3.63, 3.8) is 0 Å². The molecule has 0 aliphatic heterocycles. The molecule has 0 saturated heterocycles. The summed E-state index contributed by atoms with van der Waals surface area (Å²) in [5.74, 6) is -2.76. The summed E-state index contributed by atoms with van der Waals surface area (Å²) in [6.07, 6.45) is 0.944. The molecule has 4 N–H and O–H groups in total. The molecule has 0 fully saturated rings. The number of aromatic nitrogens is 2. The zero-order valence-electron chi connectivity index (χ0n) is 10.3. The predicted molar refractivity (Wildman–Crippen MR) is 69.4 cm³/mol. The molecule has 0 atom stereocenters. The van der Waals surface area contributed by atoms with E-state index in [1.807, 2.05) is 9.97 Å². The molecule has 0 spiro atoms. The van der Waals surface area contributed by atoms with Crippen molar-refractivity contribution in [1.82, 2.24) is 9.97 Å². The highest BCUT2D eigenvalue weighted by Gasteiger charge is 2.06. The van der Waals surface area contributed by atoms with Crippen molar-refractivity contribution in [2.24, 2.45) is 4.99 Å². The molecule has 1 aromatic carbocycles. The van der Waals surface area contributed by atoms with Crippen molar-refractivity contribution in [1.29, 1.82) is 0 Å². The van der Waals surface area contributed by atoms with Crippen LogP contribution in [0.5, 0.6) is 11.6 Å². The van der Waals surface area contributed by atoms with Gasteiger partial charge in [-0.2, -0.15) is 0 Å². The minimum absolute atomic E-state index is 0.0926. The van der Waals surface area contributed by atoms with Gasteiger partial charge in [0.15, 0.2) is 0 Å². The van der Waals surface area contributed by atoms with Gasteiger partial charge in [-0.1, -0.05) is 5.75 Å². The summed E-state index contributed by atoms with van der Waals surface area (Å²) in [6.45, 7) is 0. The minimum atomic E-state index is -1.36. The molecule has 2 aromatic rings. The van der Waals surface area contributed by atoms with Crippen LogP contribution in [0.25, 0.3) is 0 Å². The summed E-state index contributed by atoms with van der Waals surface area (Å²) in [5.41, 5.74) is -2.34. The van der Waals surface area contributed by atoms with Crippen LogP contribution in [0.2, 0.25) is 0 Å². The number of carboxylic acid groups (broad SMARTS) is 1. The van der Waals surface area contributed by atoms with Gasteiger partial charge < -0.3 is 15.3 Å². The van der Waals surface area contributed by atoms with Gasteiger partial charge >= 0.3 is 11.7 Å². The Balaban J connectivity index is 2.39. The maximum Gasteiger partial charge on any atom is 0.335 e. The van der Waals surface area contributed by atoms with E-state index in [-0.39, 0.29) is 11.3 Å². The second kappa shape index (κ2) is 5.33. The number of aromatic amines is 2. The quantitative estimate of drug-likeness (QED) is 0.546. The maximum absolute atomic E-state index is 11.5. The molecule has 0 aliphatic rings. The zero-order chi connectivity index (χ0) is 15.6. The van der Waals surface area contributed by atoms with Crippen LogP contribution >= 0.6 is 0 Å². The molecular formula is C12H8N3O6-. The molecule has 2 rings (SSSR count). The second-order valence-electron chi connectivity index (χ2n) is 3.91. The van der Waals surface area contributed by atoms with Gasteiger partial charge in [-0.3, -0.25) is 19.8 Å². The number of nitrogens with zero attached hydrogens (tertiary/aromatic N) is 1. The van der Waals surface area contributed by atoms with Gasteiger partial charge in [0, 0.05) is 6.21 Å². The van der Waals surface area contributed by atoms with Crippen molar-refractivity contribution in [3.05, 3.63) is 50.2 Å². The highest BCUT2D eigenvalue weighted by molar-refractivity contribution is 5.91. The first-order valence-electron chi connectivity index (χ1n) is 5.52. The summed E-state index contributed by atoms with van der Waals surface area (Å²) in [7, 11) is 0. The van der Waals surface area contributed by atoms with Crippen LogP contribution < -0.4 is 16.4 Å². The first-order valence-corrected chi connectivity index (χ1v) is 5.52. The van der Waals surface area contributed by atoms with E-state index < -0.39 is 34.4 Å². The van der Waals surface area contributed by atoms with Gasteiger partial charge in [0.1, 0.15) is 5.56 Å². The topological polar surface area (TPSA) is 159 Å². The smallest absolute Gasteiger partial charge is 0.335 e. The molecule has 9 heteroatoms. The SMILES string of the molecule is O=C(O)c1ccc(N=Cc2c(O)[nH]c(=O)[nH]c2=O)cc1[O-]. The highest BCUT2D eigenvalue weighted by atomic mass is 16.4. The van der Waals surface area contributed by atoms with Gasteiger partial charge in [0.2, 0.25) is 5.88 Å². The lowest BCUT2D eigenvalue weighted by Gasteiger charge is -2.09. The Kier molecular flexibility index (Phi) is 3.57. The van der Waals surface area contributed by atoms with E-state index in [1.54, 1.807) is 0 Å². The Labute approximate surface area is 115 Å². The van der Waals surface area contributed by atoms with Crippen LogP contribution in [0, 0.1) is 0 Å². The van der Waals surface area contributed by atoms with Gasteiger partial charge in [-0.05, 0) is 18.2 Å². The summed E-state index contributed by atoms with van der Waals surface area (Å²) in [6, 6.07) is 3.31. The first kappa shape index (κ1) is 14.1. The van der Waals surface area contributed by atoms with Crippen molar-refractivity contribution >= 4 is 17.9 Å². The third kappa shape index (κ3) is 2.97. The number of rotatable bonds is 3. The molecule has 1 aromatic heterocycles. The molecular weight excluding hydrogens is 282 g/mol. The number of carboxylic acids is 1. The molecule has 108 valence electrons. The fourth-order valence-corrected chi connectivity index (χ4v) is 1.51.